The van der Waals surface area contributed by atoms with Crippen molar-refractivity contribution in [1.82, 2.24) is 4.98 Å². The number of aromatic hydroxyl groups is 1. The van der Waals surface area contributed by atoms with Crippen LogP contribution in [-0.2, 0) is 23.8 Å². The van der Waals surface area contributed by atoms with Crippen LogP contribution >= 0.6 is 0 Å². The number of amides is 1. The van der Waals surface area contributed by atoms with Crippen LogP contribution in [0, 0.1) is 42.4 Å². The van der Waals surface area contributed by atoms with Crippen LogP contribution in [0.15, 0.2) is 63.6 Å². The lowest BCUT2D eigenvalue weighted by atomic mass is 9.73. The van der Waals surface area contributed by atoms with Crippen LogP contribution in [0.3, 0.4) is 0 Å². The van der Waals surface area contributed by atoms with E-state index < -0.39 is 58.9 Å². The number of benzene rings is 3. The smallest absolute Gasteiger partial charge is 0.312 e. The molecule has 70 heavy (non-hydrogen) atoms. The first kappa shape index (κ1) is 52.1. The summed E-state index contributed by atoms with van der Waals surface area (Å²) < 4.78 is 38.3. The van der Waals surface area contributed by atoms with Gasteiger partial charge in [0.25, 0.3) is 11.7 Å². The van der Waals surface area contributed by atoms with Crippen molar-refractivity contribution in [2.24, 2.45) is 35.5 Å². The predicted molar refractivity (Wildman–Crippen MR) is 269 cm³/mol. The fourth-order valence-electron chi connectivity index (χ4n) is 10.5. The van der Waals surface area contributed by atoms with Gasteiger partial charge in [-0.25, -0.2) is 4.98 Å². The number of piperidine rings is 1. The molecule has 1 aromatic heterocycles. The van der Waals surface area contributed by atoms with E-state index in [4.69, 9.17) is 33.1 Å². The number of aromatic nitrogens is 1. The van der Waals surface area contributed by atoms with Crippen LogP contribution in [0.2, 0.25) is 0 Å². The topological polar surface area (TPSA) is 193 Å². The number of phenolic OH excluding ortho intramolecular Hbond substituents is 1. The first-order valence-electron chi connectivity index (χ1n) is 24.5. The molecule has 4 aromatic rings. The Bertz CT molecular complexity index is 2860. The first-order valence-corrected chi connectivity index (χ1v) is 24.5. The highest BCUT2D eigenvalue weighted by Gasteiger charge is 2.50. The highest BCUT2D eigenvalue weighted by atomic mass is 16.7. The second-order valence-corrected chi connectivity index (χ2v) is 21.5. The van der Waals surface area contributed by atoms with Gasteiger partial charge in [0.15, 0.2) is 22.3 Å². The van der Waals surface area contributed by atoms with Crippen molar-refractivity contribution in [2.75, 3.05) is 39.2 Å². The SMILES string of the molecule is CO[C@H]1/C=C/O[C@@]2(C)Oc3c(C)c(=O)c4c(O)c(c5oc6cc(OCC7CCC[N+](C)(C(C)(C)C)C7)ccc6nc5c4c3C2=O)NC(=O)/C(C)=C\C=C\[C@H](C)[C@H](O)[C@@H](C)[C@@H](C)[C@@H](C)[C@H](OC(C)=O)[C@@H]1C. The number of esters is 1. The number of nitrogens with one attached hydrogen (secondary N) is 1. The summed E-state index contributed by atoms with van der Waals surface area (Å²) in [4.78, 5) is 61.0. The number of allylic oxidation sites excluding steroid dienone is 2. The number of ether oxygens (including phenoxy) is 5. The largest absolute Gasteiger partial charge is 0.505 e. The number of anilines is 1. The number of rotatable bonds is 5. The lowest BCUT2D eigenvalue weighted by Gasteiger charge is -2.50. The highest BCUT2D eigenvalue weighted by molar-refractivity contribution is 6.26. The summed E-state index contributed by atoms with van der Waals surface area (Å²) in [6, 6.07) is 5.21. The summed E-state index contributed by atoms with van der Waals surface area (Å²) in [6.07, 6.45) is 7.95. The second-order valence-electron chi connectivity index (χ2n) is 21.5. The molecule has 1 saturated heterocycles. The van der Waals surface area contributed by atoms with Gasteiger partial charge in [-0.3, -0.25) is 19.2 Å². The van der Waals surface area contributed by atoms with Gasteiger partial charge < -0.3 is 48.1 Å². The van der Waals surface area contributed by atoms with E-state index in [2.05, 4.69) is 33.1 Å². The van der Waals surface area contributed by atoms with Crippen LogP contribution in [0.1, 0.15) is 105 Å². The van der Waals surface area contributed by atoms with Gasteiger partial charge in [-0.2, -0.15) is 0 Å². The Morgan fingerprint density at radius 2 is 1.73 bits per heavy atom. The molecule has 11 atom stereocenters. The van der Waals surface area contributed by atoms with Crippen molar-refractivity contribution in [2.45, 2.75) is 126 Å². The van der Waals surface area contributed by atoms with Gasteiger partial charge in [0.2, 0.25) is 0 Å². The number of aliphatic hydroxyl groups excluding tert-OH is 1. The van der Waals surface area contributed by atoms with E-state index in [1.807, 2.05) is 34.6 Å². The molecule has 3 aliphatic heterocycles. The van der Waals surface area contributed by atoms with Crippen molar-refractivity contribution in [3.8, 4) is 17.2 Å². The Hall–Kier alpha value is -5.77. The van der Waals surface area contributed by atoms with Gasteiger partial charge in [-0.05, 0) is 83.4 Å². The van der Waals surface area contributed by atoms with Gasteiger partial charge in [0, 0.05) is 61.3 Å². The zero-order chi connectivity index (χ0) is 51.4. The molecule has 0 radical (unpaired) electrons. The maximum Gasteiger partial charge on any atom is 0.312 e. The molecule has 4 bridgehead atoms. The van der Waals surface area contributed by atoms with Gasteiger partial charge in [-0.1, -0.05) is 52.8 Å². The quantitative estimate of drug-likeness (QED) is 0.0564. The Balaban J connectivity index is 1.38. The van der Waals surface area contributed by atoms with Gasteiger partial charge in [0.05, 0.1) is 61.7 Å². The number of nitrogens with zero attached hydrogens (tertiary/aromatic N) is 2. The Labute approximate surface area is 410 Å². The van der Waals surface area contributed by atoms with Crippen molar-refractivity contribution < 1.29 is 57.2 Å². The standard InChI is InChI=1S/C55H71N3O12/c1-28-17-15-18-29(2)53(64)57-45-48(62)42-41(44-51(45)69-40-25-37(20-21-38(40)56-44)66-27-36-19-16-23-58(13,26-36)54(9,10)11)43-50(34(7)47(42)61)70-55(12,52(43)63)67-24-22-39(65-14)33(6)49(68-35(8)59)32(5)30(3)31(4)46(28)60/h15,17-18,20-22,24-25,28,30-33,36,39,46,49,60H,16,19,23,26-27H2,1-14H3,(H-,56,57,61,62,63,64)/p+1/b17-15+,24-22+,29-18-/t28-,30+,31-,32+,33+,36?,39-,46-,49-,55-,58?/m0/s1. The maximum absolute atomic E-state index is 14.9. The number of fused-ring (bicyclic) bond motifs is 2. The third-order valence-corrected chi connectivity index (χ3v) is 15.9. The molecule has 1 amide bonds. The van der Waals surface area contributed by atoms with Crippen molar-refractivity contribution >= 4 is 56.3 Å². The van der Waals surface area contributed by atoms with Crippen molar-refractivity contribution in [1.29, 1.82) is 0 Å². The number of carbonyl (C=O) groups excluding carboxylic acids is 3. The Morgan fingerprint density at radius 1 is 1.01 bits per heavy atom. The molecule has 1 fully saturated rings. The molecular weight excluding hydrogens is 895 g/mol. The number of hydrogen-bond donors (Lipinski definition) is 3. The van der Waals surface area contributed by atoms with E-state index in [0.717, 1.165) is 30.4 Å². The molecule has 3 aromatic carbocycles. The average molecular weight is 967 g/mol. The summed E-state index contributed by atoms with van der Waals surface area (Å²) in [7, 11) is 3.81. The number of likely N-dealkylation sites (tertiary alicyclic amines) is 1. The van der Waals surface area contributed by atoms with E-state index in [0.29, 0.717) is 23.8 Å². The zero-order valence-corrected chi connectivity index (χ0v) is 43.2. The third-order valence-electron chi connectivity index (χ3n) is 15.9. The van der Waals surface area contributed by atoms with E-state index >= 15 is 0 Å². The van der Waals surface area contributed by atoms with Crippen molar-refractivity contribution in [3.05, 3.63) is 75.7 Å². The molecule has 3 aliphatic rings. The summed E-state index contributed by atoms with van der Waals surface area (Å²) in [5, 5.41) is 26.3. The number of aliphatic hydroxyl groups is 1. The van der Waals surface area contributed by atoms with E-state index in [-0.39, 0.29) is 84.8 Å². The number of Topliss-reactive ketones (excluding diaryl/α,β-unsaturated/α-hetero) is 1. The minimum atomic E-state index is -2.01. The normalized spacial score (nSPS) is 32.0. The van der Waals surface area contributed by atoms with Crippen LogP contribution < -0.4 is 20.2 Å². The fourth-order valence-corrected chi connectivity index (χ4v) is 10.5. The molecule has 2 unspecified atom stereocenters. The maximum atomic E-state index is 14.9. The fraction of sp³-hybridized carbons (Fsp3) is 0.545. The van der Waals surface area contributed by atoms with E-state index in [1.54, 1.807) is 49.4 Å². The first-order chi connectivity index (χ1) is 32.8. The van der Waals surface area contributed by atoms with Gasteiger partial charge >= 0.3 is 11.8 Å². The number of methoxy groups -OCH3 is 1. The summed E-state index contributed by atoms with van der Waals surface area (Å²) in [5.41, 5.74) is -0.101. The van der Waals surface area contributed by atoms with Crippen LogP contribution in [0.4, 0.5) is 5.69 Å². The molecular formula is C55H72N3O12+. The minimum Gasteiger partial charge on any atom is -0.505 e. The van der Waals surface area contributed by atoms with Crippen LogP contribution in [-0.4, -0.2) is 101 Å². The molecule has 0 saturated carbocycles. The Morgan fingerprint density at radius 3 is 2.40 bits per heavy atom. The number of hydrogen-bond acceptors (Lipinski definition) is 13. The molecule has 15 heteroatoms. The van der Waals surface area contributed by atoms with Crippen LogP contribution in [0.5, 0.6) is 17.2 Å². The highest BCUT2D eigenvalue weighted by Crippen LogP contribution is 2.49. The van der Waals surface area contributed by atoms with E-state index in [9.17, 15) is 29.4 Å². The van der Waals surface area contributed by atoms with Crippen molar-refractivity contribution in [3.63, 3.8) is 0 Å². The average Bonchev–Trinajstić information content (AvgIpc) is 3.57. The number of ketones is 1. The summed E-state index contributed by atoms with van der Waals surface area (Å²) >= 11 is 0. The van der Waals surface area contributed by atoms with Gasteiger partial charge in [0.1, 0.15) is 34.3 Å². The summed E-state index contributed by atoms with van der Waals surface area (Å²) in [6.45, 7) is 24.9. The number of quaternary nitrogens is 1. The second kappa shape index (κ2) is 19.8. The monoisotopic (exact) mass is 967 g/mol. The molecule has 4 heterocycles. The third kappa shape index (κ3) is 9.68. The van der Waals surface area contributed by atoms with Gasteiger partial charge in [-0.15, -0.1) is 0 Å². The molecule has 7 rings (SSSR count). The molecule has 0 aliphatic carbocycles. The molecule has 3 N–H and O–H groups in total. The molecule has 15 nitrogen and oxygen atoms in total. The number of carbonyl (C=O) groups is 3. The molecule has 0 spiro atoms. The number of phenols is 1. The minimum absolute atomic E-state index is 0.0110. The van der Waals surface area contributed by atoms with Crippen LogP contribution in [0.25, 0.3) is 33.0 Å². The summed E-state index contributed by atoms with van der Waals surface area (Å²) in [5.74, 6) is -5.04. The Kier molecular flexibility index (Phi) is 14.7. The zero-order valence-electron chi connectivity index (χ0n) is 43.2. The molecule has 378 valence electrons. The van der Waals surface area contributed by atoms with E-state index in [1.165, 1.54) is 34.1 Å². The lowest BCUT2D eigenvalue weighted by molar-refractivity contribution is -0.960. The predicted octanol–water partition coefficient (Wildman–Crippen LogP) is 9.31. The lowest BCUT2D eigenvalue weighted by Crippen LogP contribution is -2.62.